The normalized spacial score (nSPS) is 13.0. The number of amides is 1. The number of ether oxygens (including phenoxy) is 1. The highest BCUT2D eigenvalue weighted by Crippen LogP contribution is 2.34. The van der Waals surface area contributed by atoms with Crippen molar-refractivity contribution in [2.24, 2.45) is 0 Å². The van der Waals surface area contributed by atoms with Crippen molar-refractivity contribution in [3.8, 4) is 11.4 Å². The van der Waals surface area contributed by atoms with Crippen LogP contribution in [-0.4, -0.2) is 34.3 Å². The minimum absolute atomic E-state index is 0.143. The van der Waals surface area contributed by atoms with E-state index in [0.717, 1.165) is 29.2 Å². The van der Waals surface area contributed by atoms with Crippen molar-refractivity contribution in [1.82, 2.24) is 14.8 Å². The lowest BCUT2D eigenvalue weighted by atomic mass is 10.1. The van der Waals surface area contributed by atoms with Gasteiger partial charge in [-0.1, -0.05) is 29.8 Å². The average Bonchev–Trinajstić information content (AvgIpc) is 3.35. The minimum Gasteiger partial charge on any atom is -0.497 e. The summed E-state index contributed by atoms with van der Waals surface area (Å²) in [6, 6.07) is 15.5. The van der Waals surface area contributed by atoms with E-state index >= 15 is 0 Å². The summed E-state index contributed by atoms with van der Waals surface area (Å²) in [6.07, 6.45) is 2.39. The number of anilines is 1. The molecule has 0 bridgehead atoms. The first kappa shape index (κ1) is 18.6. The molecule has 0 saturated heterocycles. The van der Waals surface area contributed by atoms with Gasteiger partial charge in [-0.25, -0.2) is 9.67 Å². The van der Waals surface area contributed by atoms with Crippen LogP contribution >= 0.6 is 11.6 Å². The molecule has 6 nitrogen and oxygen atoms in total. The van der Waals surface area contributed by atoms with Crippen LogP contribution in [0.15, 0.2) is 54.7 Å². The Labute approximate surface area is 178 Å². The molecule has 0 fully saturated rings. The molecular weight excluding hydrogens is 400 g/mol. The van der Waals surface area contributed by atoms with Gasteiger partial charge in [0.15, 0.2) is 5.65 Å². The van der Waals surface area contributed by atoms with Crippen LogP contribution in [-0.2, 0) is 6.42 Å². The van der Waals surface area contributed by atoms with Gasteiger partial charge < -0.3 is 9.64 Å². The van der Waals surface area contributed by atoms with Crippen LogP contribution in [0.25, 0.3) is 16.7 Å². The molecule has 2 aromatic carbocycles. The standard InChI is InChI=1S/C23H19ClN4O2/c1-14-20-21(24)18(23(29)27-12-11-15-5-3-4-6-19(15)27)13-25-22(20)28(26-14)16-7-9-17(30-2)10-8-16/h3-10,13H,11-12H2,1-2H3. The summed E-state index contributed by atoms with van der Waals surface area (Å²) in [6.45, 7) is 2.51. The number of halogens is 1. The van der Waals surface area contributed by atoms with Crippen molar-refractivity contribution >= 4 is 34.2 Å². The van der Waals surface area contributed by atoms with E-state index in [4.69, 9.17) is 16.3 Å². The molecular formula is C23H19ClN4O2. The zero-order valence-corrected chi connectivity index (χ0v) is 17.3. The molecule has 0 aliphatic carbocycles. The van der Waals surface area contributed by atoms with Crippen LogP contribution < -0.4 is 9.64 Å². The molecule has 150 valence electrons. The smallest absolute Gasteiger partial charge is 0.261 e. The number of hydrogen-bond donors (Lipinski definition) is 0. The van der Waals surface area contributed by atoms with Crippen molar-refractivity contribution in [1.29, 1.82) is 0 Å². The Hall–Kier alpha value is -3.38. The lowest BCUT2D eigenvalue weighted by Crippen LogP contribution is -2.29. The van der Waals surface area contributed by atoms with Crippen LogP contribution in [0.3, 0.4) is 0 Å². The molecule has 1 aliphatic rings. The van der Waals surface area contributed by atoms with Gasteiger partial charge in [0.25, 0.3) is 5.91 Å². The van der Waals surface area contributed by atoms with Gasteiger partial charge in [0, 0.05) is 18.4 Å². The Morgan fingerprint density at radius 3 is 2.67 bits per heavy atom. The van der Waals surface area contributed by atoms with Gasteiger partial charge in [0.05, 0.1) is 34.5 Å². The van der Waals surface area contributed by atoms with Crippen LogP contribution in [0.2, 0.25) is 5.02 Å². The number of aryl methyl sites for hydroxylation is 1. The van der Waals surface area contributed by atoms with Crippen LogP contribution in [0.5, 0.6) is 5.75 Å². The number of para-hydroxylation sites is 1. The van der Waals surface area contributed by atoms with Gasteiger partial charge in [-0.05, 0) is 49.2 Å². The second-order valence-corrected chi connectivity index (χ2v) is 7.59. The monoisotopic (exact) mass is 418 g/mol. The Bertz CT molecular complexity index is 1280. The molecule has 7 heteroatoms. The third kappa shape index (κ3) is 2.83. The summed E-state index contributed by atoms with van der Waals surface area (Å²) in [5, 5.41) is 5.68. The lowest BCUT2D eigenvalue weighted by molar-refractivity contribution is 0.0989. The van der Waals surface area contributed by atoms with E-state index in [-0.39, 0.29) is 5.91 Å². The van der Waals surface area contributed by atoms with E-state index in [1.165, 1.54) is 5.56 Å². The van der Waals surface area contributed by atoms with Crippen molar-refractivity contribution in [2.75, 3.05) is 18.6 Å². The Kier molecular flexibility index (Phi) is 4.44. The fourth-order valence-corrected chi connectivity index (χ4v) is 4.31. The predicted octanol–water partition coefficient (Wildman–Crippen LogP) is 4.59. The number of carbonyl (C=O) groups is 1. The number of nitrogens with zero attached hydrogens (tertiary/aromatic N) is 4. The number of pyridine rings is 1. The van der Waals surface area contributed by atoms with Crippen LogP contribution in [0, 0.1) is 6.92 Å². The Morgan fingerprint density at radius 1 is 1.13 bits per heavy atom. The van der Waals surface area contributed by atoms with Crippen LogP contribution in [0.4, 0.5) is 5.69 Å². The second kappa shape index (κ2) is 7.15. The molecule has 0 radical (unpaired) electrons. The van der Waals surface area contributed by atoms with Crippen LogP contribution in [0.1, 0.15) is 21.6 Å². The third-order valence-corrected chi connectivity index (χ3v) is 5.88. The highest BCUT2D eigenvalue weighted by molar-refractivity contribution is 6.39. The van der Waals surface area contributed by atoms with Gasteiger partial charge >= 0.3 is 0 Å². The highest BCUT2D eigenvalue weighted by atomic mass is 35.5. The summed E-state index contributed by atoms with van der Waals surface area (Å²) in [7, 11) is 1.63. The molecule has 30 heavy (non-hydrogen) atoms. The summed E-state index contributed by atoms with van der Waals surface area (Å²) in [5.74, 6) is 0.618. The molecule has 4 aromatic rings. The molecule has 0 N–H and O–H groups in total. The molecule has 0 saturated carbocycles. The van der Waals surface area contributed by atoms with E-state index < -0.39 is 0 Å². The quantitative estimate of drug-likeness (QED) is 0.488. The van der Waals surface area contributed by atoms with Gasteiger partial charge in [-0.2, -0.15) is 5.10 Å². The first-order chi connectivity index (χ1) is 14.6. The zero-order valence-electron chi connectivity index (χ0n) is 16.6. The van der Waals surface area contributed by atoms with Gasteiger partial charge in [0.2, 0.25) is 0 Å². The zero-order chi connectivity index (χ0) is 20.8. The third-order valence-electron chi connectivity index (χ3n) is 5.49. The first-order valence-electron chi connectivity index (χ1n) is 9.66. The fraction of sp³-hybridized carbons (Fsp3) is 0.174. The number of fused-ring (bicyclic) bond motifs is 2. The number of benzene rings is 2. The number of rotatable bonds is 3. The Balaban J connectivity index is 1.58. The summed E-state index contributed by atoms with van der Waals surface area (Å²) >= 11 is 6.73. The SMILES string of the molecule is COc1ccc(-n2nc(C)c3c(Cl)c(C(=O)N4CCc5ccccc54)cnc32)cc1. The first-order valence-corrected chi connectivity index (χ1v) is 10.0. The fourth-order valence-electron chi connectivity index (χ4n) is 3.96. The Morgan fingerprint density at radius 2 is 1.90 bits per heavy atom. The maximum absolute atomic E-state index is 13.3. The van der Waals surface area contributed by atoms with E-state index in [2.05, 4.69) is 16.1 Å². The molecule has 1 aliphatic heterocycles. The van der Waals surface area contributed by atoms with Crippen molar-refractivity contribution in [3.05, 3.63) is 76.6 Å². The largest absolute Gasteiger partial charge is 0.497 e. The summed E-state index contributed by atoms with van der Waals surface area (Å²) in [4.78, 5) is 19.6. The molecule has 1 amide bonds. The average molecular weight is 419 g/mol. The van der Waals surface area contributed by atoms with Gasteiger partial charge in [-0.3, -0.25) is 4.79 Å². The van der Waals surface area contributed by atoms with E-state index in [0.29, 0.717) is 28.2 Å². The number of carbonyl (C=O) groups excluding carboxylic acids is 1. The summed E-state index contributed by atoms with van der Waals surface area (Å²) < 4.78 is 6.96. The summed E-state index contributed by atoms with van der Waals surface area (Å²) in [5.41, 5.74) is 4.66. The van der Waals surface area contributed by atoms with Crippen molar-refractivity contribution in [3.63, 3.8) is 0 Å². The van der Waals surface area contributed by atoms with E-state index in [1.807, 2.05) is 49.4 Å². The molecule has 0 atom stereocenters. The molecule has 2 aromatic heterocycles. The van der Waals surface area contributed by atoms with Gasteiger partial charge in [0.1, 0.15) is 5.75 Å². The maximum atomic E-state index is 13.3. The topological polar surface area (TPSA) is 60.3 Å². The van der Waals surface area contributed by atoms with Gasteiger partial charge in [-0.15, -0.1) is 0 Å². The predicted molar refractivity (Wildman–Crippen MR) is 117 cm³/mol. The second-order valence-electron chi connectivity index (χ2n) is 7.22. The number of aromatic nitrogens is 3. The molecule has 3 heterocycles. The number of hydrogen-bond acceptors (Lipinski definition) is 4. The lowest BCUT2D eigenvalue weighted by Gasteiger charge is -2.18. The highest BCUT2D eigenvalue weighted by Gasteiger charge is 2.28. The van der Waals surface area contributed by atoms with E-state index in [1.54, 1.807) is 22.9 Å². The maximum Gasteiger partial charge on any atom is 0.261 e. The molecule has 0 spiro atoms. The number of methoxy groups -OCH3 is 1. The molecule has 5 rings (SSSR count). The van der Waals surface area contributed by atoms with Crippen molar-refractivity contribution < 1.29 is 9.53 Å². The minimum atomic E-state index is -0.143. The van der Waals surface area contributed by atoms with Crippen molar-refractivity contribution in [2.45, 2.75) is 13.3 Å². The van der Waals surface area contributed by atoms with E-state index in [9.17, 15) is 4.79 Å². The molecule has 0 unspecified atom stereocenters.